The van der Waals surface area contributed by atoms with Crippen LogP contribution < -0.4 is 19.1 Å². The molecule has 0 N–H and O–H groups in total. The molecule has 1 aliphatic heterocycles. The summed E-state index contributed by atoms with van der Waals surface area (Å²) in [5, 5.41) is 0. The van der Waals surface area contributed by atoms with Crippen LogP contribution in [-0.4, -0.2) is 40.5 Å². The zero-order valence-corrected chi connectivity index (χ0v) is 20.7. The summed E-state index contributed by atoms with van der Waals surface area (Å²) >= 11 is 0. The molecule has 0 radical (unpaired) electrons. The minimum Gasteiger partial charge on any atom is -0.497 e. The van der Waals surface area contributed by atoms with E-state index in [4.69, 9.17) is 18.9 Å². The molecule has 6 nitrogen and oxygen atoms in total. The van der Waals surface area contributed by atoms with Gasteiger partial charge in [-0.2, -0.15) is 0 Å². The van der Waals surface area contributed by atoms with Crippen molar-refractivity contribution in [3.8, 4) is 28.4 Å². The van der Waals surface area contributed by atoms with Crippen molar-refractivity contribution in [1.29, 1.82) is 0 Å². The Labute approximate surface area is 206 Å². The number of ether oxygens (including phenoxy) is 4. The van der Waals surface area contributed by atoms with E-state index in [-0.39, 0.29) is 5.97 Å². The maximum atomic E-state index is 12.5. The highest BCUT2D eigenvalue weighted by Gasteiger charge is 2.22. The van der Waals surface area contributed by atoms with Crippen molar-refractivity contribution in [3.05, 3.63) is 77.4 Å². The van der Waals surface area contributed by atoms with E-state index in [1.165, 1.54) is 7.11 Å². The van der Waals surface area contributed by atoms with Crippen molar-refractivity contribution in [3.63, 3.8) is 0 Å². The van der Waals surface area contributed by atoms with Crippen LogP contribution in [0.25, 0.3) is 17.2 Å². The first kappa shape index (κ1) is 24.2. The third-order valence-electron chi connectivity index (χ3n) is 6.14. The zero-order valence-electron chi connectivity index (χ0n) is 20.7. The number of para-hydroxylation sites is 1. The number of hydrogen-bond donors (Lipinski definition) is 0. The maximum absolute atomic E-state index is 12.5. The van der Waals surface area contributed by atoms with Crippen LogP contribution in [0.1, 0.15) is 24.5 Å². The van der Waals surface area contributed by atoms with E-state index in [0.717, 1.165) is 45.2 Å². The lowest BCUT2D eigenvalue weighted by Gasteiger charge is -2.26. The minimum absolute atomic E-state index is 0.308. The van der Waals surface area contributed by atoms with E-state index in [0.29, 0.717) is 31.7 Å². The fourth-order valence-electron chi connectivity index (χ4n) is 4.42. The third-order valence-corrected chi connectivity index (χ3v) is 6.14. The van der Waals surface area contributed by atoms with Crippen molar-refractivity contribution < 1.29 is 23.7 Å². The summed E-state index contributed by atoms with van der Waals surface area (Å²) < 4.78 is 22.0. The van der Waals surface area contributed by atoms with Gasteiger partial charge < -0.3 is 23.8 Å². The number of hydrogen-bond acceptors (Lipinski definition) is 6. The van der Waals surface area contributed by atoms with Crippen LogP contribution in [0.15, 0.2) is 66.2 Å². The fraction of sp³-hybridized carbons (Fsp3) is 0.276. The van der Waals surface area contributed by atoms with E-state index in [1.807, 2.05) is 55.5 Å². The molecule has 6 heteroatoms. The van der Waals surface area contributed by atoms with Gasteiger partial charge in [0.2, 0.25) is 0 Å². The van der Waals surface area contributed by atoms with Gasteiger partial charge in [-0.3, -0.25) is 0 Å². The summed E-state index contributed by atoms with van der Waals surface area (Å²) in [4.78, 5) is 14.8. The van der Waals surface area contributed by atoms with Gasteiger partial charge in [0.15, 0.2) is 0 Å². The van der Waals surface area contributed by atoms with Crippen LogP contribution >= 0.6 is 0 Å². The number of carbonyl (C=O) groups excluding carboxylic acids is 1. The molecule has 0 amide bonds. The van der Waals surface area contributed by atoms with Crippen LogP contribution in [0.3, 0.4) is 0 Å². The summed E-state index contributed by atoms with van der Waals surface area (Å²) in [6.07, 6.45) is 2.51. The van der Waals surface area contributed by atoms with Gasteiger partial charge in [0.05, 0.1) is 27.9 Å². The first-order valence-electron chi connectivity index (χ1n) is 11.7. The Bertz CT molecular complexity index is 1230. The Morgan fingerprint density at radius 3 is 2.51 bits per heavy atom. The molecule has 4 rings (SSSR count). The maximum Gasteiger partial charge on any atom is 0.333 e. The van der Waals surface area contributed by atoms with E-state index in [1.54, 1.807) is 14.2 Å². The normalized spacial score (nSPS) is 12.8. The lowest BCUT2D eigenvalue weighted by Crippen LogP contribution is -2.25. The Morgan fingerprint density at radius 2 is 1.77 bits per heavy atom. The van der Waals surface area contributed by atoms with Gasteiger partial charge >= 0.3 is 5.97 Å². The largest absolute Gasteiger partial charge is 0.497 e. The second kappa shape index (κ2) is 11.0. The van der Waals surface area contributed by atoms with Crippen molar-refractivity contribution in [2.24, 2.45) is 0 Å². The van der Waals surface area contributed by atoms with Crippen LogP contribution in [0.4, 0.5) is 5.69 Å². The molecule has 0 atom stereocenters. The smallest absolute Gasteiger partial charge is 0.333 e. The summed E-state index contributed by atoms with van der Waals surface area (Å²) in [5.74, 6) is 2.09. The minimum atomic E-state index is -0.308. The summed E-state index contributed by atoms with van der Waals surface area (Å²) in [5.41, 5.74) is 5.67. The lowest BCUT2D eigenvalue weighted by molar-refractivity contribution is -0.136. The summed E-state index contributed by atoms with van der Waals surface area (Å²) in [7, 11) is 4.74. The molecule has 0 bridgehead atoms. The molecule has 1 heterocycles. The number of anilines is 1. The van der Waals surface area contributed by atoms with Crippen molar-refractivity contribution in [2.45, 2.75) is 19.9 Å². The molecule has 0 unspecified atom stereocenters. The van der Waals surface area contributed by atoms with Crippen LogP contribution in [0, 0.1) is 0 Å². The van der Waals surface area contributed by atoms with Gasteiger partial charge in [-0.25, -0.2) is 4.79 Å². The monoisotopic (exact) mass is 473 g/mol. The number of methoxy groups -OCH3 is 3. The molecule has 0 spiro atoms. The Kier molecular flexibility index (Phi) is 7.60. The molecule has 1 aliphatic rings. The molecule has 35 heavy (non-hydrogen) atoms. The third kappa shape index (κ3) is 5.27. The topological polar surface area (TPSA) is 57.2 Å². The highest BCUT2D eigenvalue weighted by atomic mass is 16.5. The van der Waals surface area contributed by atoms with E-state index in [2.05, 4.69) is 23.1 Å². The fourth-order valence-corrected chi connectivity index (χ4v) is 4.42. The van der Waals surface area contributed by atoms with Gasteiger partial charge in [0.25, 0.3) is 0 Å². The molecular formula is C29H31NO5. The molecule has 3 aromatic rings. The van der Waals surface area contributed by atoms with E-state index < -0.39 is 0 Å². The quantitative estimate of drug-likeness (QED) is 0.389. The Morgan fingerprint density at radius 1 is 0.943 bits per heavy atom. The second-order valence-electron chi connectivity index (χ2n) is 8.21. The van der Waals surface area contributed by atoms with Gasteiger partial charge in [-0.15, -0.1) is 0 Å². The number of carbonyl (C=O) groups is 1. The molecule has 0 aromatic heterocycles. The first-order valence-corrected chi connectivity index (χ1v) is 11.7. The first-order chi connectivity index (χ1) is 17.1. The van der Waals surface area contributed by atoms with Crippen LogP contribution in [0.2, 0.25) is 0 Å². The average Bonchev–Trinajstić information content (AvgIpc) is 3.07. The number of esters is 1. The van der Waals surface area contributed by atoms with Gasteiger partial charge in [0.1, 0.15) is 17.2 Å². The average molecular weight is 474 g/mol. The SMILES string of the molecule is CCOc1ccccc1-c1ccc2c(c1)C=C(C(=O)OC)CCN2Cc1cc(OC)ccc1OC. The Hall–Kier alpha value is -3.93. The predicted octanol–water partition coefficient (Wildman–Crippen LogP) is 5.74. The number of fused-ring (bicyclic) bond motifs is 1. The number of benzene rings is 3. The predicted molar refractivity (Wildman–Crippen MR) is 138 cm³/mol. The van der Waals surface area contributed by atoms with Crippen molar-refractivity contribution in [1.82, 2.24) is 0 Å². The van der Waals surface area contributed by atoms with Gasteiger partial charge in [-0.1, -0.05) is 24.3 Å². The van der Waals surface area contributed by atoms with Crippen LogP contribution in [-0.2, 0) is 16.1 Å². The molecule has 0 saturated heterocycles. The standard InChI is InChI=1S/C29H31NO5/c1-5-35-28-9-7-6-8-25(28)20-10-12-26-22(16-20)17-21(29(31)34-4)14-15-30(26)19-23-18-24(32-2)11-13-27(23)33-3/h6-13,16-18H,5,14-15,19H2,1-4H3. The van der Waals surface area contributed by atoms with Crippen LogP contribution in [0.5, 0.6) is 17.2 Å². The second-order valence-corrected chi connectivity index (χ2v) is 8.21. The number of rotatable bonds is 8. The molecule has 0 saturated carbocycles. The molecule has 0 aliphatic carbocycles. The van der Waals surface area contributed by atoms with E-state index in [9.17, 15) is 4.79 Å². The summed E-state index contributed by atoms with van der Waals surface area (Å²) in [6, 6.07) is 20.1. The highest BCUT2D eigenvalue weighted by molar-refractivity contribution is 5.96. The number of nitrogens with zero attached hydrogens (tertiary/aromatic N) is 1. The molecule has 182 valence electrons. The molecular weight excluding hydrogens is 442 g/mol. The molecule has 0 fully saturated rings. The van der Waals surface area contributed by atoms with Crippen molar-refractivity contribution >= 4 is 17.7 Å². The van der Waals surface area contributed by atoms with Crippen molar-refractivity contribution in [2.75, 3.05) is 39.4 Å². The Balaban J connectivity index is 1.78. The summed E-state index contributed by atoms with van der Waals surface area (Å²) in [6.45, 7) is 3.82. The lowest BCUT2D eigenvalue weighted by atomic mass is 9.99. The van der Waals surface area contributed by atoms with Gasteiger partial charge in [-0.05, 0) is 66.9 Å². The highest BCUT2D eigenvalue weighted by Crippen LogP contribution is 2.37. The van der Waals surface area contributed by atoms with E-state index >= 15 is 0 Å². The zero-order chi connectivity index (χ0) is 24.8. The van der Waals surface area contributed by atoms with Gasteiger partial charge in [0, 0.05) is 35.5 Å². The molecule has 3 aromatic carbocycles.